The number of carbonyl (C=O) groups excluding carboxylic acids is 1. The highest BCUT2D eigenvalue weighted by molar-refractivity contribution is 7.92. The minimum atomic E-state index is -3.30. The van der Waals surface area contributed by atoms with Crippen LogP contribution in [0.2, 0.25) is 0 Å². The summed E-state index contributed by atoms with van der Waals surface area (Å²) in [5.41, 5.74) is 1.02. The van der Waals surface area contributed by atoms with Crippen molar-refractivity contribution in [1.29, 1.82) is 0 Å². The van der Waals surface area contributed by atoms with Crippen molar-refractivity contribution < 1.29 is 13.2 Å². The van der Waals surface area contributed by atoms with E-state index in [-0.39, 0.29) is 11.7 Å². The normalized spacial score (nSPS) is 11.0. The summed E-state index contributed by atoms with van der Waals surface area (Å²) in [7, 11) is -3.30. The maximum atomic E-state index is 11.7. The number of benzene rings is 1. The second kappa shape index (κ2) is 6.39. The first kappa shape index (κ1) is 14.5. The molecule has 6 heteroatoms. The van der Waals surface area contributed by atoms with Gasteiger partial charge in [0.15, 0.2) is 0 Å². The minimum Gasteiger partial charge on any atom is -0.326 e. The van der Waals surface area contributed by atoms with Crippen LogP contribution in [0.25, 0.3) is 0 Å². The van der Waals surface area contributed by atoms with E-state index in [1.807, 2.05) is 6.92 Å². The first-order chi connectivity index (χ1) is 8.43. The van der Waals surface area contributed by atoms with Crippen molar-refractivity contribution in [1.82, 2.24) is 0 Å². The topological polar surface area (TPSA) is 75.3 Å². The second-order valence-electron chi connectivity index (χ2n) is 4.04. The molecule has 0 heterocycles. The lowest BCUT2D eigenvalue weighted by molar-refractivity contribution is -0.114. The molecule has 0 fully saturated rings. The van der Waals surface area contributed by atoms with Gasteiger partial charge >= 0.3 is 0 Å². The molecule has 0 unspecified atom stereocenters. The van der Waals surface area contributed by atoms with Crippen molar-refractivity contribution in [2.45, 2.75) is 26.7 Å². The number of carbonyl (C=O) groups is 1. The van der Waals surface area contributed by atoms with Crippen molar-refractivity contribution in [2.24, 2.45) is 0 Å². The molecule has 100 valence electrons. The molecule has 5 nitrogen and oxygen atoms in total. The summed E-state index contributed by atoms with van der Waals surface area (Å²) in [6.45, 7) is 3.34. The number of unbranched alkanes of at least 4 members (excludes halogenated alkanes) is 1. The van der Waals surface area contributed by atoms with Crippen LogP contribution in [0.15, 0.2) is 24.3 Å². The number of sulfonamides is 1. The molecule has 0 spiro atoms. The zero-order valence-electron chi connectivity index (χ0n) is 10.6. The predicted octanol–water partition coefficient (Wildman–Crippen LogP) is 2.19. The van der Waals surface area contributed by atoms with Gasteiger partial charge in [-0.2, -0.15) is 0 Å². The van der Waals surface area contributed by atoms with Crippen LogP contribution in [0, 0.1) is 0 Å². The third-order valence-corrected chi connectivity index (χ3v) is 3.60. The molecular formula is C12H18N2O3S. The molecule has 0 aromatic heterocycles. The maximum Gasteiger partial charge on any atom is 0.232 e. The minimum absolute atomic E-state index is 0.105. The van der Waals surface area contributed by atoms with Gasteiger partial charge in [0.25, 0.3) is 0 Å². The molecular weight excluding hydrogens is 252 g/mol. The lowest BCUT2D eigenvalue weighted by atomic mass is 10.3. The Kier molecular flexibility index (Phi) is 5.15. The van der Waals surface area contributed by atoms with Gasteiger partial charge in [-0.25, -0.2) is 8.42 Å². The van der Waals surface area contributed by atoms with E-state index in [0.29, 0.717) is 17.8 Å². The highest BCUT2D eigenvalue weighted by atomic mass is 32.2. The Morgan fingerprint density at radius 1 is 1.28 bits per heavy atom. The van der Waals surface area contributed by atoms with E-state index in [9.17, 15) is 13.2 Å². The number of hydrogen-bond donors (Lipinski definition) is 2. The number of nitrogens with one attached hydrogen (secondary N) is 2. The molecule has 18 heavy (non-hydrogen) atoms. The van der Waals surface area contributed by atoms with Crippen molar-refractivity contribution in [3.05, 3.63) is 24.3 Å². The van der Waals surface area contributed by atoms with Gasteiger partial charge in [-0.1, -0.05) is 19.4 Å². The van der Waals surface area contributed by atoms with Crippen molar-refractivity contribution >= 4 is 27.3 Å². The summed E-state index contributed by atoms with van der Waals surface area (Å²) in [5, 5.41) is 2.60. The third-order valence-electron chi connectivity index (χ3n) is 2.22. The first-order valence-electron chi connectivity index (χ1n) is 5.81. The molecule has 1 aromatic rings. The molecule has 1 rings (SSSR count). The average molecular weight is 270 g/mol. The van der Waals surface area contributed by atoms with Gasteiger partial charge in [0.2, 0.25) is 15.9 Å². The third kappa shape index (κ3) is 5.18. The summed E-state index contributed by atoms with van der Waals surface area (Å²) in [4.78, 5) is 10.9. The molecule has 0 saturated heterocycles. The Hall–Kier alpha value is -1.56. The van der Waals surface area contributed by atoms with E-state index in [1.165, 1.54) is 6.92 Å². The largest absolute Gasteiger partial charge is 0.326 e. The Morgan fingerprint density at radius 2 is 1.94 bits per heavy atom. The number of anilines is 2. The van der Waals surface area contributed by atoms with E-state index >= 15 is 0 Å². The van der Waals surface area contributed by atoms with Crippen molar-refractivity contribution in [3.63, 3.8) is 0 Å². The predicted molar refractivity (Wildman–Crippen MR) is 73.1 cm³/mol. The fraction of sp³-hybridized carbons (Fsp3) is 0.417. The summed E-state index contributed by atoms with van der Waals surface area (Å²) in [6.07, 6.45) is 1.45. The van der Waals surface area contributed by atoms with Crippen molar-refractivity contribution in [3.8, 4) is 0 Å². The fourth-order valence-corrected chi connectivity index (χ4v) is 2.69. The van der Waals surface area contributed by atoms with Crippen LogP contribution < -0.4 is 10.0 Å². The monoisotopic (exact) mass is 270 g/mol. The van der Waals surface area contributed by atoms with E-state index < -0.39 is 10.0 Å². The highest BCUT2D eigenvalue weighted by Gasteiger charge is 2.09. The molecule has 0 aliphatic heterocycles. The van der Waals surface area contributed by atoms with Gasteiger partial charge in [0.05, 0.1) is 11.4 Å². The van der Waals surface area contributed by atoms with E-state index in [4.69, 9.17) is 0 Å². The summed E-state index contributed by atoms with van der Waals surface area (Å²) in [6, 6.07) is 6.62. The molecule has 0 aliphatic rings. The highest BCUT2D eigenvalue weighted by Crippen LogP contribution is 2.16. The van der Waals surface area contributed by atoms with Crippen LogP contribution in [0.3, 0.4) is 0 Å². The van der Waals surface area contributed by atoms with Crippen LogP contribution in [-0.2, 0) is 14.8 Å². The van der Waals surface area contributed by atoms with Crippen molar-refractivity contribution in [2.75, 3.05) is 15.8 Å². The molecule has 0 atom stereocenters. The zero-order valence-corrected chi connectivity index (χ0v) is 11.4. The Bertz CT molecular complexity index is 512. The lowest BCUT2D eigenvalue weighted by Crippen LogP contribution is -2.16. The molecule has 0 bridgehead atoms. The molecule has 2 N–H and O–H groups in total. The maximum absolute atomic E-state index is 11.7. The SMILES string of the molecule is CCCCS(=O)(=O)Nc1cccc(NC(C)=O)c1. The number of amides is 1. The van der Waals surface area contributed by atoms with Crippen LogP contribution >= 0.6 is 0 Å². The molecule has 1 amide bonds. The van der Waals surface area contributed by atoms with E-state index in [0.717, 1.165) is 6.42 Å². The fourth-order valence-electron chi connectivity index (χ4n) is 1.43. The molecule has 1 aromatic carbocycles. The number of hydrogen-bond acceptors (Lipinski definition) is 3. The average Bonchev–Trinajstić information content (AvgIpc) is 2.25. The van der Waals surface area contributed by atoms with Crippen LogP contribution in [0.1, 0.15) is 26.7 Å². The van der Waals surface area contributed by atoms with Crippen LogP contribution in [-0.4, -0.2) is 20.1 Å². The molecule has 0 saturated carbocycles. The first-order valence-corrected chi connectivity index (χ1v) is 7.46. The second-order valence-corrected chi connectivity index (χ2v) is 5.88. The van der Waals surface area contributed by atoms with Gasteiger partial charge in [0, 0.05) is 12.6 Å². The van der Waals surface area contributed by atoms with Gasteiger partial charge in [-0.3, -0.25) is 9.52 Å². The quantitative estimate of drug-likeness (QED) is 0.832. The molecule has 0 aliphatic carbocycles. The summed E-state index contributed by atoms with van der Waals surface area (Å²) >= 11 is 0. The van der Waals surface area contributed by atoms with E-state index in [2.05, 4.69) is 10.0 Å². The van der Waals surface area contributed by atoms with Crippen LogP contribution in [0.5, 0.6) is 0 Å². The van der Waals surface area contributed by atoms with Gasteiger partial charge < -0.3 is 5.32 Å². The standard InChI is InChI=1S/C12H18N2O3S/c1-3-4-8-18(16,17)14-12-7-5-6-11(9-12)13-10(2)15/h5-7,9,14H,3-4,8H2,1-2H3,(H,13,15). The van der Waals surface area contributed by atoms with Gasteiger partial charge in [-0.05, 0) is 24.6 Å². The van der Waals surface area contributed by atoms with Crippen LogP contribution in [0.4, 0.5) is 11.4 Å². The van der Waals surface area contributed by atoms with E-state index in [1.54, 1.807) is 24.3 Å². The smallest absolute Gasteiger partial charge is 0.232 e. The Labute approximate surface area is 108 Å². The summed E-state index contributed by atoms with van der Waals surface area (Å²) < 4.78 is 25.9. The Balaban J connectivity index is 2.75. The number of rotatable bonds is 6. The zero-order chi connectivity index (χ0) is 13.6. The Morgan fingerprint density at radius 3 is 2.56 bits per heavy atom. The summed E-state index contributed by atoms with van der Waals surface area (Å²) in [5.74, 6) is -0.0885. The van der Waals surface area contributed by atoms with Gasteiger partial charge in [0.1, 0.15) is 0 Å². The van der Waals surface area contributed by atoms with Gasteiger partial charge in [-0.15, -0.1) is 0 Å². The lowest BCUT2D eigenvalue weighted by Gasteiger charge is -2.09. The molecule has 0 radical (unpaired) electrons.